The van der Waals surface area contributed by atoms with Crippen LogP contribution in [0.15, 0.2) is 42.6 Å². The number of primary amides is 1. The Kier molecular flexibility index (Phi) is 3.42. The number of carbonyl (C=O) groups excluding carboxylic acids is 1. The van der Waals surface area contributed by atoms with Gasteiger partial charge in [0.15, 0.2) is 0 Å². The van der Waals surface area contributed by atoms with Gasteiger partial charge in [-0.25, -0.2) is 0 Å². The number of pyridine rings is 1. The third-order valence-corrected chi connectivity index (χ3v) is 2.90. The lowest BCUT2D eigenvalue weighted by Crippen LogP contribution is -2.12. The summed E-state index contributed by atoms with van der Waals surface area (Å²) in [5.41, 5.74) is 8.83. The fourth-order valence-corrected chi connectivity index (χ4v) is 1.79. The highest BCUT2D eigenvalue weighted by atomic mass is 16.1. The monoisotopic (exact) mass is 240 g/mol. The normalized spacial score (nSPS) is 10.6. The molecular weight excluding hydrogens is 224 g/mol. The molecule has 0 spiro atoms. The van der Waals surface area contributed by atoms with E-state index in [1.165, 1.54) is 5.56 Å². The van der Waals surface area contributed by atoms with Crippen molar-refractivity contribution in [3.63, 3.8) is 0 Å². The second-order valence-electron chi connectivity index (χ2n) is 4.58. The Morgan fingerprint density at radius 1 is 1.17 bits per heavy atom. The summed E-state index contributed by atoms with van der Waals surface area (Å²) in [4.78, 5) is 15.0. The number of amides is 1. The van der Waals surface area contributed by atoms with Crippen molar-refractivity contribution < 1.29 is 4.79 Å². The van der Waals surface area contributed by atoms with E-state index in [1.807, 2.05) is 18.2 Å². The molecule has 2 rings (SSSR count). The van der Waals surface area contributed by atoms with Crippen LogP contribution in [0, 0.1) is 0 Å². The Bertz CT molecular complexity index is 559. The Morgan fingerprint density at radius 3 is 2.50 bits per heavy atom. The van der Waals surface area contributed by atoms with Crippen molar-refractivity contribution in [1.82, 2.24) is 4.98 Å². The minimum atomic E-state index is -0.502. The van der Waals surface area contributed by atoms with Gasteiger partial charge in [-0.3, -0.25) is 9.78 Å². The molecule has 1 amide bonds. The Morgan fingerprint density at radius 2 is 1.94 bits per heavy atom. The van der Waals surface area contributed by atoms with Crippen molar-refractivity contribution in [2.75, 3.05) is 0 Å². The number of nitrogens with two attached hydrogens (primary N) is 1. The largest absolute Gasteiger partial charge is 0.364 e. The molecule has 3 nitrogen and oxygen atoms in total. The first-order valence-electron chi connectivity index (χ1n) is 5.94. The van der Waals surface area contributed by atoms with Crippen LogP contribution < -0.4 is 5.73 Å². The van der Waals surface area contributed by atoms with Gasteiger partial charge in [0.2, 0.25) is 0 Å². The number of hydrogen-bond acceptors (Lipinski definition) is 2. The van der Waals surface area contributed by atoms with Gasteiger partial charge in [-0.1, -0.05) is 44.2 Å². The van der Waals surface area contributed by atoms with Crippen LogP contribution in [0.1, 0.15) is 35.8 Å². The van der Waals surface area contributed by atoms with E-state index >= 15 is 0 Å². The summed E-state index contributed by atoms with van der Waals surface area (Å²) in [5.74, 6) is -0.0136. The van der Waals surface area contributed by atoms with Crippen LogP contribution in [0.4, 0.5) is 0 Å². The Balaban J connectivity index is 2.36. The predicted molar refractivity (Wildman–Crippen MR) is 72.3 cm³/mol. The van der Waals surface area contributed by atoms with Crippen molar-refractivity contribution in [3.8, 4) is 11.1 Å². The van der Waals surface area contributed by atoms with Crippen LogP contribution in [0.25, 0.3) is 11.1 Å². The molecular formula is C15H16N2O. The molecule has 0 radical (unpaired) electrons. The maximum atomic E-state index is 11.0. The Hall–Kier alpha value is -2.16. The number of aromatic nitrogens is 1. The predicted octanol–water partition coefficient (Wildman–Crippen LogP) is 2.97. The summed E-state index contributed by atoms with van der Waals surface area (Å²) in [6, 6.07) is 11.8. The minimum Gasteiger partial charge on any atom is -0.364 e. The highest BCUT2D eigenvalue weighted by molar-refractivity contribution is 5.91. The van der Waals surface area contributed by atoms with Crippen molar-refractivity contribution in [1.29, 1.82) is 0 Å². The molecule has 92 valence electrons. The van der Waals surface area contributed by atoms with Crippen molar-refractivity contribution in [3.05, 3.63) is 53.9 Å². The van der Waals surface area contributed by atoms with E-state index in [-0.39, 0.29) is 0 Å². The number of nitrogens with zero attached hydrogens (tertiary/aromatic N) is 1. The summed E-state index contributed by atoms with van der Waals surface area (Å²) in [6.07, 6.45) is 1.68. The number of benzene rings is 1. The topological polar surface area (TPSA) is 56.0 Å². The van der Waals surface area contributed by atoms with E-state index in [2.05, 4.69) is 31.0 Å². The van der Waals surface area contributed by atoms with Crippen LogP contribution in [-0.4, -0.2) is 10.9 Å². The van der Waals surface area contributed by atoms with Crippen LogP contribution in [-0.2, 0) is 0 Å². The molecule has 18 heavy (non-hydrogen) atoms. The summed E-state index contributed by atoms with van der Waals surface area (Å²) in [7, 11) is 0. The first-order valence-corrected chi connectivity index (χ1v) is 5.94. The van der Waals surface area contributed by atoms with Gasteiger partial charge in [-0.05, 0) is 23.1 Å². The average Bonchev–Trinajstić information content (AvgIpc) is 2.39. The maximum absolute atomic E-state index is 11.0. The molecule has 2 aromatic rings. The molecule has 0 aliphatic carbocycles. The third-order valence-electron chi connectivity index (χ3n) is 2.90. The van der Waals surface area contributed by atoms with Crippen molar-refractivity contribution >= 4 is 5.91 Å². The lowest BCUT2D eigenvalue weighted by Gasteiger charge is -2.08. The summed E-state index contributed by atoms with van der Waals surface area (Å²) >= 11 is 0. The standard InChI is InChI=1S/C15H16N2O/c1-10(2)11-4-3-5-12(8-11)13-6-7-14(15(16)18)17-9-13/h3-10H,1-2H3,(H2,16,18). The fourth-order valence-electron chi connectivity index (χ4n) is 1.79. The highest BCUT2D eigenvalue weighted by Gasteiger charge is 2.05. The molecule has 0 saturated carbocycles. The molecule has 3 heteroatoms. The van der Waals surface area contributed by atoms with E-state index < -0.39 is 5.91 Å². The van der Waals surface area contributed by atoms with Gasteiger partial charge in [0, 0.05) is 11.8 Å². The number of hydrogen-bond donors (Lipinski definition) is 1. The van der Waals surface area contributed by atoms with E-state index in [0.29, 0.717) is 11.6 Å². The summed E-state index contributed by atoms with van der Waals surface area (Å²) in [6.45, 7) is 4.32. The quantitative estimate of drug-likeness (QED) is 0.896. The van der Waals surface area contributed by atoms with Crippen LogP contribution in [0.5, 0.6) is 0 Å². The molecule has 0 atom stereocenters. The number of rotatable bonds is 3. The molecule has 1 heterocycles. The molecule has 1 aromatic heterocycles. The fraction of sp³-hybridized carbons (Fsp3) is 0.200. The molecule has 0 fully saturated rings. The highest BCUT2D eigenvalue weighted by Crippen LogP contribution is 2.23. The zero-order valence-corrected chi connectivity index (χ0v) is 10.6. The molecule has 1 aromatic carbocycles. The van der Waals surface area contributed by atoms with Crippen LogP contribution >= 0.6 is 0 Å². The third kappa shape index (κ3) is 2.56. The van der Waals surface area contributed by atoms with E-state index in [9.17, 15) is 4.79 Å². The van der Waals surface area contributed by atoms with Gasteiger partial charge in [0.25, 0.3) is 5.91 Å². The van der Waals surface area contributed by atoms with Crippen molar-refractivity contribution in [2.24, 2.45) is 5.73 Å². The van der Waals surface area contributed by atoms with Gasteiger partial charge in [-0.15, -0.1) is 0 Å². The maximum Gasteiger partial charge on any atom is 0.267 e. The van der Waals surface area contributed by atoms with Gasteiger partial charge in [0.1, 0.15) is 5.69 Å². The molecule has 0 aliphatic rings. The SMILES string of the molecule is CC(C)c1cccc(-c2ccc(C(N)=O)nc2)c1. The second kappa shape index (κ2) is 5.00. The molecule has 0 bridgehead atoms. The molecule has 0 aliphatic heterocycles. The van der Waals surface area contributed by atoms with E-state index in [1.54, 1.807) is 12.3 Å². The minimum absolute atomic E-state index is 0.291. The van der Waals surface area contributed by atoms with Gasteiger partial charge < -0.3 is 5.73 Å². The molecule has 0 unspecified atom stereocenters. The average molecular weight is 240 g/mol. The van der Waals surface area contributed by atoms with Crippen LogP contribution in [0.2, 0.25) is 0 Å². The van der Waals surface area contributed by atoms with Crippen LogP contribution in [0.3, 0.4) is 0 Å². The van der Waals surface area contributed by atoms with Gasteiger partial charge >= 0.3 is 0 Å². The van der Waals surface area contributed by atoms with Gasteiger partial charge in [-0.2, -0.15) is 0 Å². The summed E-state index contributed by atoms with van der Waals surface area (Å²) < 4.78 is 0. The summed E-state index contributed by atoms with van der Waals surface area (Å²) in [5, 5.41) is 0. The lowest BCUT2D eigenvalue weighted by atomic mass is 9.98. The second-order valence-corrected chi connectivity index (χ2v) is 4.58. The van der Waals surface area contributed by atoms with E-state index in [4.69, 9.17) is 5.73 Å². The first kappa shape index (κ1) is 12.3. The Labute approximate surface area is 107 Å². The zero-order chi connectivity index (χ0) is 13.1. The van der Waals surface area contributed by atoms with Crippen molar-refractivity contribution in [2.45, 2.75) is 19.8 Å². The molecule has 2 N–H and O–H groups in total. The molecule has 0 saturated heterocycles. The lowest BCUT2D eigenvalue weighted by molar-refractivity contribution is 0.0995. The van der Waals surface area contributed by atoms with E-state index in [0.717, 1.165) is 11.1 Å². The van der Waals surface area contributed by atoms with Gasteiger partial charge in [0.05, 0.1) is 0 Å². The number of carbonyl (C=O) groups is 1. The zero-order valence-electron chi connectivity index (χ0n) is 10.6. The first-order chi connectivity index (χ1) is 8.58. The smallest absolute Gasteiger partial charge is 0.267 e.